The maximum atomic E-state index is 12.9. The summed E-state index contributed by atoms with van der Waals surface area (Å²) < 4.78 is 36.2. The third-order valence-corrected chi connectivity index (χ3v) is 6.80. The first kappa shape index (κ1) is 24.1. The zero-order valence-corrected chi connectivity index (χ0v) is 20.1. The lowest BCUT2D eigenvalue weighted by molar-refractivity contribution is -0.0504. The summed E-state index contributed by atoms with van der Waals surface area (Å²) in [7, 11) is 1.59. The monoisotopic (exact) mass is 486 g/mol. The van der Waals surface area contributed by atoms with E-state index in [0.717, 1.165) is 28.8 Å². The highest BCUT2D eigenvalue weighted by Gasteiger charge is 2.26. The number of rotatable bonds is 8. The lowest BCUT2D eigenvalue weighted by atomic mass is 10.0. The zero-order valence-electron chi connectivity index (χ0n) is 19.3. The topological polar surface area (TPSA) is 72.4 Å². The van der Waals surface area contributed by atoms with E-state index >= 15 is 0 Å². The van der Waals surface area contributed by atoms with E-state index in [1.807, 2.05) is 31.2 Å². The number of methoxy groups -OCH3 is 1. The van der Waals surface area contributed by atoms with Gasteiger partial charge < -0.3 is 15.3 Å². The van der Waals surface area contributed by atoms with E-state index in [1.165, 1.54) is 24.6 Å². The molecular weight excluding hydrogens is 458 g/mol. The quantitative estimate of drug-likeness (QED) is 0.231. The van der Waals surface area contributed by atoms with Gasteiger partial charge in [-0.05, 0) is 67.1 Å². The van der Waals surface area contributed by atoms with Crippen molar-refractivity contribution in [2.24, 2.45) is 22.0 Å². The Kier molecular flexibility index (Phi) is 7.41. The maximum absolute atomic E-state index is 12.9. The van der Waals surface area contributed by atoms with Crippen molar-refractivity contribution < 1.29 is 18.3 Å². The Bertz CT molecular complexity index is 1130. The Morgan fingerprint density at radius 1 is 1.26 bits per heavy atom. The van der Waals surface area contributed by atoms with Crippen molar-refractivity contribution in [3.05, 3.63) is 70.3 Å². The molecular formula is C25H28F2N4O2S. The Hall–Kier alpha value is -3.07. The predicted octanol–water partition coefficient (Wildman–Crippen LogP) is 5.49. The van der Waals surface area contributed by atoms with Gasteiger partial charge in [-0.15, -0.1) is 11.8 Å². The number of ether oxygens (including phenoxy) is 2. The second-order valence-corrected chi connectivity index (χ2v) is 9.43. The van der Waals surface area contributed by atoms with Crippen molar-refractivity contribution in [3.8, 4) is 11.5 Å². The summed E-state index contributed by atoms with van der Waals surface area (Å²) in [6.45, 7) is 3.23. The van der Waals surface area contributed by atoms with Gasteiger partial charge in [-0.25, -0.2) is 5.01 Å². The Balaban J connectivity index is 1.68. The number of nitrogens with zero attached hydrogens (tertiary/aromatic N) is 3. The Morgan fingerprint density at radius 3 is 2.71 bits per heavy atom. The van der Waals surface area contributed by atoms with Crippen LogP contribution in [0.4, 0.5) is 8.78 Å². The minimum atomic E-state index is -2.86. The number of amidine groups is 1. The molecule has 2 aromatic carbocycles. The van der Waals surface area contributed by atoms with Crippen LogP contribution in [0.3, 0.4) is 0 Å². The van der Waals surface area contributed by atoms with Gasteiger partial charge in [0, 0.05) is 5.75 Å². The molecule has 2 aromatic rings. The van der Waals surface area contributed by atoms with E-state index in [9.17, 15) is 8.78 Å². The summed E-state index contributed by atoms with van der Waals surface area (Å²) in [6, 6.07) is 11.0. The molecule has 0 radical (unpaired) electrons. The van der Waals surface area contributed by atoms with Crippen molar-refractivity contribution in [3.63, 3.8) is 0 Å². The zero-order chi connectivity index (χ0) is 24.2. The number of aryl methyl sites for hydroxylation is 2. The number of alkyl halides is 2. The molecule has 1 fully saturated rings. The minimum absolute atomic E-state index is 0.221. The average molecular weight is 487 g/mol. The van der Waals surface area contributed by atoms with E-state index in [2.05, 4.69) is 11.7 Å². The van der Waals surface area contributed by atoms with Crippen LogP contribution in [0.2, 0.25) is 0 Å². The molecule has 0 bridgehead atoms. The number of hydrogen-bond donors (Lipinski definition) is 1. The van der Waals surface area contributed by atoms with Gasteiger partial charge in [0.15, 0.2) is 5.84 Å². The van der Waals surface area contributed by atoms with E-state index in [1.54, 1.807) is 24.3 Å². The standard InChI is InChI=1S/C25H28F2N4O2S/c1-15-4-10-23(32-3)20(12-15)24(29-28)31-16(2)34-14-21(30-31)18-9-11-22(33-25(26)27)19(13-18)8-7-17-5-6-17/h4,9-13,17,25H,2,5-8,14,28H2,1,3H3/b29-24-. The van der Waals surface area contributed by atoms with Crippen LogP contribution < -0.4 is 15.3 Å². The smallest absolute Gasteiger partial charge is 0.387 e. The molecule has 1 heterocycles. The van der Waals surface area contributed by atoms with E-state index in [0.29, 0.717) is 40.3 Å². The van der Waals surface area contributed by atoms with E-state index < -0.39 is 6.61 Å². The first-order valence-electron chi connectivity index (χ1n) is 11.1. The predicted molar refractivity (Wildman–Crippen MR) is 133 cm³/mol. The maximum Gasteiger partial charge on any atom is 0.387 e. The molecule has 180 valence electrons. The molecule has 1 saturated carbocycles. The summed E-state index contributed by atoms with van der Waals surface area (Å²) in [5, 5.41) is 11.1. The fourth-order valence-electron chi connectivity index (χ4n) is 3.89. The first-order chi connectivity index (χ1) is 16.4. The molecule has 4 rings (SSSR count). The van der Waals surface area contributed by atoms with Gasteiger partial charge in [0.05, 0.1) is 23.4 Å². The van der Waals surface area contributed by atoms with Crippen LogP contribution in [-0.2, 0) is 6.42 Å². The number of hydrogen-bond acceptors (Lipinski definition) is 6. The van der Waals surface area contributed by atoms with Crippen LogP contribution in [0.25, 0.3) is 0 Å². The van der Waals surface area contributed by atoms with Crippen LogP contribution >= 0.6 is 11.8 Å². The highest BCUT2D eigenvalue weighted by Crippen LogP contribution is 2.36. The molecule has 1 aliphatic carbocycles. The van der Waals surface area contributed by atoms with Crippen LogP contribution in [0, 0.1) is 12.8 Å². The van der Waals surface area contributed by atoms with Crippen LogP contribution in [0.1, 0.15) is 41.5 Å². The van der Waals surface area contributed by atoms with Gasteiger partial charge in [0.2, 0.25) is 0 Å². The summed E-state index contributed by atoms with van der Waals surface area (Å²) in [5.41, 5.74) is 4.08. The second-order valence-electron chi connectivity index (χ2n) is 8.38. The minimum Gasteiger partial charge on any atom is -0.496 e. The fourth-order valence-corrected chi connectivity index (χ4v) is 4.67. The number of hydrazone groups is 2. The lowest BCUT2D eigenvalue weighted by Gasteiger charge is -2.28. The molecule has 9 heteroatoms. The highest BCUT2D eigenvalue weighted by atomic mass is 32.2. The largest absolute Gasteiger partial charge is 0.496 e. The molecule has 0 aromatic heterocycles. The lowest BCUT2D eigenvalue weighted by Crippen LogP contribution is -2.31. The van der Waals surface area contributed by atoms with Gasteiger partial charge in [0.1, 0.15) is 11.5 Å². The second kappa shape index (κ2) is 10.5. The number of halogens is 2. The number of nitrogens with two attached hydrogens (primary N) is 1. The summed E-state index contributed by atoms with van der Waals surface area (Å²) >= 11 is 1.51. The summed E-state index contributed by atoms with van der Waals surface area (Å²) in [4.78, 5) is 0. The summed E-state index contributed by atoms with van der Waals surface area (Å²) in [6.07, 6.45) is 4.06. The fraction of sp³-hybridized carbons (Fsp3) is 0.360. The van der Waals surface area contributed by atoms with Crippen LogP contribution in [-0.4, -0.2) is 36.0 Å². The molecule has 0 spiro atoms. The average Bonchev–Trinajstić information content (AvgIpc) is 3.64. The number of benzene rings is 2. The number of thioether (sulfide) groups is 1. The van der Waals surface area contributed by atoms with Gasteiger partial charge in [-0.3, -0.25) is 0 Å². The van der Waals surface area contributed by atoms with Gasteiger partial charge in [-0.2, -0.15) is 19.0 Å². The van der Waals surface area contributed by atoms with Gasteiger partial charge in [0.25, 0.3) is 0 Å². The summed E-state index contributed by atoms with van der Waals surface area (Å²) in [5.74, 6) is 8.30. The SMILES string of the molecule is C=C1SCC(c2ccc(OC(F)F)c(CCC3CC3)c2)=NN1/C(=N\N)c1cc(C)ccc1OC. The first-order valence-corrected chi connectivity index (χ1v) is 12.1. The Morgan fingerprint density at radius 2 is 2.03 bits per heavy atom. The van der Waals surface area contributed by atoms with Crippen molar-refractivity contribution in [2.75, 3.05) is 12.9 Å². The van der Waals surface area contributed by atoms with Crippen molar-refractivity contribution in [2.45, 2.75) is 39.2 Å². The van der Waals surface area contributed by atoms with Crippen molar-refractivity contribution >= 4 is 23.3 Å². The molecule has 2 aliphatic rings. The molecule has 0 unspecified atom stereocenters. The van der Waals surface area contributed by atoms with Crippen LogP contribution in [0.5, 0.6) is 11.5 Å². The molecule has 6 nitrogen and oxygen atoms in total. The molecule has 0 saturated heterocycles. The third kappa shape index (κ3) is 5.52. The molecule has 2 N–H and O–H groups in total. The van der Waals surface area contributed by atoms with Crippen LogP contribution in [0.15, 0.2) is 58.2 Å². The van der Waals surface area contributed by atoms with Crippen molar-refractivity contribution in [1.29, 1.82) is 0 Å². The van der Waals surface area contributed by atoms with E-state index in [4.69, 9.17) is 20.4 Å². The normalized spacial score (nSPS) is 16.6. The highest BCUT2D eigenvalue weighted by molar-refractivity contribution is 8.03. The molecule has 0 atom stereocenters. The van der Waals surface area contributed by atoms with Gasteiger partial charge in [-0.1, -0.05) is 31.1 Å². The Labute approximate surface area is 202 Å². The van der Waals surface area contributed by atoms with E-state index in [-0.39, 0.29) is 5.75 Å². The third-order valence-electron chi connectivity index (χ3n) is 5.88. The van der Waals surface area contributed by atoms with Gasteiger partial charge >= 0.3 is 6.61 Å². The molecule has 34 heavy (non-hydrogen) atoms. The van der Waals surface area contributed by atoms with Crippen molar-refractivity contribution in [1.82, 2.24) is 5.01 Å². The molecule has 0 amide bonds. The molecule has 1 aliphatic heterocycles.